The summed E-state index contributed by atoms with van der Waals surface area (Å²) < 4.78 is 47.5. The first-order chi connectivity index (χ1) is 14.6. The van der Waals surface area contributed by atoms with Crippen molar-refractivity contribution in [2.24, 2.45) is 0 Å². The molecule has 170 valence electrons. The van der Waals surface area contributed by atoms with Crippen LogP contribution in [0.5, 0.6) is 11.5 Å². The summed E-state index contributed by atoms with van der Waals surface area (Å²) in [4.78, 5) is 0. The minimum absolute atomic E-state index is 0.0227. The van der Waals surface area contributed by atoms with Crippen molar-refractivity contribution in [2.75, 3.05) is 13.7 Å². The summed E-state index contributed by atoms with van der Waals surface area (Å²) in [6, 6.07) is 12.4. The van der Waals surface area contributed by atoms with E-state index >= 15 is 0 Å². The van der Waals surface area contributed by atoms with E-state index in [0.717, 1.165) is 36.3 Å². The predicted molar refractivity (Wildman–Crippen MR) is 115 cm³/mol. The zero-order valence-corrected chi connectivity index (χ0v) is 18.5. The maximum Gasteiger partial charge on any atom is 0.573 e. The van der Waals surface area contributed by atoms with Crippen molar-refractivity contribution in [1.82, 2.24) is 10.6 Å². The molecule has 1 fully saturated rings. The van der Waals surface area contributed by atoms with Crippen LogP contribution in [-0.2, 0) is 12.0 Å². The first kappa shape index (κ1) is 23.4. The van der Waals surface area contributed by atoms with E-state index in [4.69, 9.17) is 4.74 Å². The fourth-order valence-corrected chi connectivity index (χ4v) is 3.99. The molecule has 3 rings (SSSR count). The van der Waals surface area contributed by atoms with Gasteiger partial charge in [-0.15, -0.1) is 13.2 Å². The SMILES string of the molecule is COc1ccc(C(C)(C)C)cc1CNC1CCCNC1c1cccc(OC(F)(F)F)c1. The Morgan fingerprint density at radius 2 is 1.87 bits per heavy atom. The summed E-state index contributed by atoms with van der Waals surface area (Å²) in [6.07, 6.45) is -2.79. The lowest BCUT2D eigenvalue weighted by Gasteiger charge is -2.34. The third kappa shape index (κ3) is 6.37. The highest BCUT2D eigenvalue weighted by atomic mass is 19.4. The van der Waals surface area contributed by atoms with Gasteiger partial charge in [0.15, 0.2) is 0 Å². The first-order valence-corrected chi connectivity index (χ1v) is 10.6. The quantitative estimate of drug-likeness (QED) is 0.630. The summed E-state index contributed by atoms with van der Waals surface area (Å²) in [6.45, 7) is 7.93. The lowest BCUT2D eigenvalue weighted by molar-refractivity contribution is -0.274. The molecule has 0 spiro atoms. The molecule has 0 radical (unpaired) electrons. The van der Waals surface area contributed by atoms with Crippen LogP contribution in [0.1, 0.15) is 56.3 Å². The molecule has 1 heterocycles. The molecule has 0 bridgehead atoms. The van der Waals surface area contributed by atoms with Crippen molar-refractivity contribution in [1.29, 1.82) is 0 Å². The van der Waals surface area contributed by atoms with Gasteiger partial charge in [-0.25, -0.2) is 0 Å². The van der Waals surface area contributed by atoms with E-state index in [1.165, 1.54) is 17.7 Å². The Labute approximate surface area is 182 Å². The van der Waals surface area contributed by atoms with Crippen LogP contribution in [0.4, 0.5) is 13.2 Å². The van der Waals surface area contributed by atoms with Crippen molar-refractivity contribution in [2.45, 2.75) is 64.0 Å². The van der Waals surface area contributed by atoms with E-state index in [-0.39, 0.29) is 23.2 Å². The molecule has 1 saturated heterocycles. The van der Waals surface area contributed by atoms with E-state index in [2.05, 4.69) is 48.3 Å². The third-order valence-corrected chi connectivity index (χ3v) is 5.61. The van der Waals surface area contributed by atoms with Gasteiger partial charge in [-0.2, -0.15) is 0 Å². The first-order valence-electron chi connectivity index (χ1n) is 10.6. The fraction of sp³-hybridized carbons (Fsp3) is 0.500. The molecular formula is C24H31F3N2O2. The second-order valence-electron chi connectivity index (χ2n) is 8.96. The molecule has 1 aliphatic heterocycles. The summed E-state index contributed by atoms with van der Waals surface area (Å²) in [5.74, 6) is 0.622. The van der Waals surface area contributed by atoms with Gasteiger partial charge >= 0.3 is 6.36 Å². The Bertz CT molecular complexity index is 878. The number of hydrogen-bond donors (Lipinski definition) is 2. The largest absolute Gasteiger partial charge is 0.573 e. The van der Waals surface area contributed by atoms with Crippen LogP contribution < -0.4 is 20.1 Å². The summed E-state index contributed by atoms with van der Waals surface area (Å²) in [7, 11) is 1.66. The molecular weight excluding hydrogens is 405 g/mol. The van der Waals surface area contributed by atoms with E-state index in [1.54, 1.807) is 13.2 Å². The summed E-state index contributed by atoms with van der Waals surface area (Å²) in [5, 5.41) is 7.05. The molecule has 0 amide bonds. The van der Waals surface area contributed by atoms with Gasteiger partial charge in [-0.05, 0) is 54.1 Å². The Balaban J connectivity index is 1.78. The Kier molecular flexibility index (Phi) is 7.17. The second-order valence-corrected chi connectivity index (χ2v) is 8.96. The molecule has 2 atom stereocenters. The molecule has 7 heteroatoms. The topological polar surface area (TPSA) is 42.5 Å². The Morgan fingerprint density at radius 1 is 1.10 bits per heavy atom. The van der Waals surface area contributed by atoms with Gasteiger partial charge in [0.25, 0.3) is 0 Å². The fourth-order valence-electron chi connectivity index (χ4n) is 3.99. The summed E-state index contributed by atoms with van der Waals surface area (Å²) in [5.41, 5.74) is 3.08. The molecule has 31 heavy (non-hydrogen) atoms. The Hall–Kier alpha value is -2.25. The number of benzene rings is 2. The van der Waals surface area contributed by atoms with Crippen molar-refractivity contribution < 1.29 is 22.6 Å². The van der Waals surface area contributed by atoms with Gasteiger partial charge in [0.1, 0.15) is 11.5 Å². The van der Waals surface area contributed by atoms with Crippen LogP contribution in [0.3, 0.4) is 0 Å². The molecule has 1 aliphatic rings. The van der Waals surface area contributed by atoms with Crippen molar-refractivity contribution >= 4 is 0 Å². The number of rotatable bonds is 6. The van der Waals surface area contributed by atoms with E-state index in [1.807, 2.05) is 12.1 Å². The van der Waals surface area contributed by atoms with Gasteiger partial charge in [-0.3, -0.25) is 0 Å². The monoisotopic (exact) mass is 436 g/mol. The van der Waals surface area contributed by atoms with Gasteiger partial charge < -0.3 is 20.1 Å². The predicted octanol–water partition coefficient (Wildman–Crippen LogP) is 5.47. The minimum atomic E-state index is -4.70. The lowest BCUT2D eigenvalue weighted by atomic mass is 9.86. The maximum absolute atomic E-state index is 12.6. The highest BCUT2D eigenvalue weighted by Gasteiger charge is 2.32. The molecule has 2 aromatic carbocycles. The van der Waals surface area contributed by atoms with Crippen LogP contribution in [0.25, 0.3) is 0 Å². The van der Waals surface area contributed by atoms with Gasteiger partial charge in [-0.1, -0.05) is 45.0 Å². The molecule has 0 aromatic heterocycles. The zero-order chi connectivity index (χ0) is 22.6. The highest BCUT2D eigenvalue weighted by molar-refractivity contribution is 5.40. The smallest absolute Gasteiger partial charge is 0.496 e. The number of nitrogens with one attached hydrogen (secondary N) is 2. The molecule has 0 saturated carbocycles. The highest BCUT2D eigenvalue weighted by Crippen LogP contribution is 2.31. The Morgan fingerprint density at radius 3 is 2.55 bits per heavy atom. The van der Waals surface area contributed by atoms with Gasteiger partial charge in [0.05, 0.1) is 7.11 Å². The van der Waals surface area contributed by atoms with Crippen molar-refractivity contribution in [3.05, 3.63) is 59.2 Å². The minimum Gasteiger partial charge on any atom is -0.496 e. The number of ether oxygens (including phenoxy) is 2. The molecule has 0 aliphatic carbocycles. The van der Waals surface area contributed by atoms with Crippen molar-refractivity contribution in [3.63, 3.8) is 0 Å². The van der Waals surface area contributed by atoms with Crippen LogP contribution in [0, 0.1) is 0 Å². The lowest BCUT2D eigenvalue weighted by Crippen LogP contribution is -2.45. The summed E-state index contributed by atoms with van der Waals surface area (Å²) >= 11 is 0. The third-order valence-electron chi connectivity index (χ3n) is 5.61. The molecule has 2 aromatic rings. The van der Waals surface area contributed by atoms with Crippen LogP contribution in [0.15, 0.2) is 42.5 Å². The number of piperidine rings is 1. The number of halogens is 3. The van der Waals surface area contributed by atoms with E-state index < -0.39 is 6.36 Å². The van der Waals surface area contributed by atoms with Crippen LogP contribution >= 0.6 is 0 Å². The average molecular weight is 437 g/mol. The average Bonchev–Trinajstić information content (AvgIpc) is 2.70. The zero-order valence-electron chi connectivity index (χ0n) is 18.5. The van der Waals surface area contributed by atoms with Gasteiger partial charge in [0.2, 0.25) is 0 Å². The maximum atomic E-state index is 12.6. The molecule has 2 N–H and O–H groups in total. The standard InChI is InChI=1S/C24H31F3N2O2/c1-23(2,3)18-10-11-21(30-4)17(13-18)15-29-20-9-6-12-28-22(20)16-7-5-8-19(14-16)31-24(25,26)27/h5,7-8,10-11,13-14,20,22,28-29H,6,9,12,15H2,1-4H3. The normalized spacial score (nSPS) is 19.8. The molecule has 2 unspecified atom stereocenters. The van der Waals surface area contributed by atoms with Crippen molar-refractivity contribution in [3.8, 4) is 11.5 Å². The van der Waals surface area contributed by atoms with E-state index in [9.17, 15) is 13.2 Å². The van der Waals surface area contributed by atoms with Crippen LogP contribution in [-0.4, -0.2) is 26.1 Å². The number of hydrogen-bond acceptors (Lipinski definition) is 4. The second kappa shape index (κ2) is 9.49. The number of methoxy groups -OCH3 is 1. The van der Waals surface area contributed by atoms with Crippen LogP contribution in [0.2, 0.25) is 0 Å². The molecule has 4 nitrogen and oxygen atoms in total. The van der Waals surface area contributed by atoms with Gasteiger partial charge in [0, 0.05) is 24.2 Å². The van der Waals surface area contributed by atoms with E-state index in [0.29, 0.717) is 6.54 Å². The number of alkyl halides is 3.